The number of hydrogen-bond acceptors (Lipinski definition) is 8. The fourth-order valence-electron chi connectivity index (χ4n) is 6.34. The molecule has 2 fully saturated rings. The van der Waals surface area contributed by atoms with Crippen LogP contribution in [-0.4, -0.2) is 82.8 Å². The van der Waals surface area contributed by atoms with Gasteiger partial charge < -0.3 is 20.5 Å². The minimum Gasteiger partial charge on any atom is -0.463 e. The van der Waals surface area contributed by atoms with E-state index < -0.39 is 65.9 Å². The molecule has 4 aromatic rings. The number of H-pyrrole nitrogens is 1. The monoisotopic (exact) mass is 778 g/mol. The summed E-state index contributed by atoms with van der Waals surface area (Å²) in [6.07, 6.45) is -6.14. The zero-order valence-corrected chi connectivity index (χ0v) is 29.4. The van der Waals surface area contributed by atoms with E-state index in [4.69, 9.17) is 16.3 Å². The number of aromatic amines is 1. The number of nitrogens with zero attached hydrogens (tertiary/aromatic N) is 7. The lowest BCUT2D eigenvalue weighted by atomic mass is 9.75. The predicted molar refractivity (Wildman–Crippen MR) is 180 cm³/mol. The Morgan fingerprint density at radius 2 is 1.81 bits per heavy atom. The Kier molecular flexibility index (Phi) is 9.84. The summed E-state index contributed by atoms with van der Waals surface area (Å²) < 4.78 is 73.3. The van der Waals surface area contributed by atoms with E-state index in [2.05, 4.69) is 36.0 Å². The molecule has 2 aromatic heterocycles. The molecule has 3 heterocycles. The number of aliphatic imine (C=N–C) groups is 1. The average molecular weight is 779 g/mol. The molecule has 1 aliphatic carbocycles. The summed E-state index contributed by atoms with van der Waals surface area (Å²) >= 11 is 6.45. The van der Waals surface area contributed by atoms with Gasteiger partial charge >= 0.3 is 24.9 Å². The van der Waals surface area contributed by atoms with Crippen molar-refractivity contribution in [1.29, 1.82) is 0 Å². The summed E-state index contributed by atoms with van der Waals surface area (Å²) in [4.78, 5) is 44.8. The van der Waals surface area contributed by atoms with E-state index in [9.17, 15) is 36.6 Å². The molecule has 0 spiro atoms. The molecular weight excluding hydrogens is 747 g/mol. The van der Waals surface area contributed by atoms with Gasteiger partial charge in [0.1, 0.15) is 17.7 Å². The number of ether oxygens (including phenoxy) is 1. The summed E-state index contributed by atoms with van der Waals surface area (Å²) in [7, 11) is 0. The summed E-state index contributed by atoms with van der Waals surface area (Å²) in [5.41, 5.74) is -3.22. The van der Waals surface area contributed by atoms with Gasteiger partial charge in [-0.2, -0.15) is 27.1 Å². The lowest BCUT2D eigenvalue weighted by Gasteiger charge is -2.35. The second-order valence-corrected chi connectivity index (χ2v) is 14.4. The van der Waals surface area contributed by atoms with Gasteiger partial charge in [-0.3, -0.25) is 9.69 Å². The Labute approximate surface area is 307 Å². The Hall–Kier alpha value is -5.66. The zero-order chi connectivity index (χ0) is 39.2. The number of halogens is 6. The quantitative estimate of drug-likeness (QED) is 0.130. The highest BCUT2D eigenvalue weighted by Gasteiger charge is 2.65. The van der Waals surface area contributed by atoms with Crippen molar-refractivity contribution in [2.75, 3.05) is 6.61 Å². The number of amides is 3. The number of carbonyl (C=O) groups excluding carboxylic acids is 2. The van der Waals surface area contributed by atoms with E-state index in [0.717, 1.165) is 11.1 Å². The van der Waals surface area contributed by atoms with Crippen LogP contribution in [0.2, 0.25) is 5.02 Å². The van der Waals surface area contributed by atoms with Gasteiger partial charge in [0, 0.05) is 17.3 Å². The van der Waals surface area contributed by atoms with Crippen LogP contribution in [0.25, 0.3) is 22.5 Å². The third-order valence-electron chi connectivity index (χ3n) is 8.94. The summed E-state index contributed by atoms with van der Waals surface area (Å²) in [6.45, 7) is 1.87. The summed E-state index contributed by atoms with van der Waals surface area (Å²) in [6, 6.07) is 9.18. The maximum atomic E-state index is 15.1. The van der Waals surface area contributed by atoms with E-state index in [1.54, 1.807) is 24.3 Å². The largest absolute Gasteiger partial charge is 0.463 e. The molecule has 1 saturated carbocycles. The van der Waals surface area contributed by atoms with E-state index >= 15 is 4.79 Å². The van der Waals surface area contributed by atoms with Crippen LogP contribution >= 0.6 is 11.6 Å². The number of tetrazole rings is 1. The first-order valence-electron chi connectivity index (χ1n) is 16.2. The number of benzene rings is 2. The fourth-order valence-corrected chi connectivity index (χ4v) is 6.54. The molecule has 2 aliphatic rings. The van der Waals surface area contributed by atoms with Crippen LogP contribution < -0.4 is 10.6 Å². The molecule has 286 valence electrons. The van der Waals surface area contributed by atoms with Gasteiger partial charge in [0.05, 0.1) is 17.3 Å². The number of carbonyl (C=O) groups is 3. The molecule has 3 amide bonds. The second kappa shape index (κ2) is 14.0. The molecule has 15 nitrogen and oxygen atoms in total. The lowest BCUT2D eigenvalue weighted by molar-refractivity contribution is -0.164. The third kappa shape index (κ3) is 7.55. The number of guanidine groups is 1. The highest BCUT2D eigenvalue weighted by atomic mass is 35.5. The van der Waals surface area contributed by atoms with Crippen molar-refractivity contribution in [1.82, 2.24) is 45.9 Å². The highest BCUT2D eigenvalue weighted by Crippen LogP contribution is 2.49. The van der Waals surface area contributed by atoms with Crippen LogP contribution in [0, 0.1) is 5.41 Å². The van der Waals surface area contributed by atoms with E-state index in [-0.39, 0.29) is 41.2 Å². The number of alkyl halides is 5. The van der Waals surface area contributed by atoms with Crippen LogP contribution in [0.1, 0.15) is 63.8 Å². The number of alkyl carbamates (subject to hydrolysis) is 1. The van der Waals surface area contributed by atoms with Crippen LogP contribution in [0.3, 0.4) is 0 Å². The van der Waals surface area contributed by atoms with Crippen molar-refractivity contribution in [3.05, 3.63) is 71.0 Å². The average Bonchev–Trinajstić information content (AvgIpc) is 3.40. The SMILES string of the molecule is CC(C)(C)CC1(c2ccc(-c3cnn(C(F)F)c3)cc2)NC(=NC(=O)O)N([C@H](COC(=O)NC2(C(F)(F)F)CC2)c2ccc(Cl)c(-c3nnn[nH]3)c2)C1=O. The molecule has 0 radical (unpaired) electrons. The number of carboxylic acid groups (broad SMARTS) is 1. The van der Waals surface area contributed by atoms with E-state index in [1.165, 1.54) is 24.4 Å². The number of hydrogen-bond donors (Lipinski definition) is 4. The van der Waals surface area contributed by atoms with Crippen molar-refractivity contribution < 1.29 is 46.2 Å². The molecule has 2 atom stereocenters. The molecule has 4 N–H and O–H groups in total. The lowest BCUT2D eigenvalue weighted by Crippen LogP contribution is -2.49. The summed E-state index contributed by atoms with van der Waals surface area (Å²) in [5.74, 6) is -1.12. The van der Waals surface area contributed by atoms with Crippen molar-refractivity contribution in [2.45, 2.75) is 69.9 Å². The molecule has 54 heavy (non-hydrogen) atoms. The zero-order valence-electron chi connectivity index (χ0n) is 28.7. The highest BCUT2D eigenvalue weighted by molar-refractivity contribution is 6.33. The van der Waals surface area contributed by atoms with Crippen molar-refractivity contribution in [3.8, 4) is 22.5 Å². The second-order valence-electron chi connectivity index (χ2n) is 14.0. The molecular formula is C33H32ClF5N10O5. The summed E-state index contributed by atoms with van der Waals surface area (Å²) in [5, 5.41) is 32.1. The Morgan fingerprint density at radius 1 is 1.11 bits per heavy atom. The standard InChI is InChI=1S/C33H32ClF5N10O5/c1-30(2,3)16-32(20-7-4-17(5-8-20)19-13-40-48(14-19)26(35)36)25(50)49(27(42-32)41-28(51)52)23(15-54-29(53)43-31(10-11-31)33(37,38)39)18-6-9-22(34)21(12-18)24-44-46-47-45-24/h4-9,12-14,23,26H,10-11,15-16H2,1-3H3,(H,41,42)(H,43,53)(H,51,52)(H,44,45,46,47)/t23-,32?/m1/s1. The molecule has 1 aliphatic heterocycles. The molecule has 0 bridgehead atoms. The van der Waals surface area contributed by atoms with Gasteiger partial charge in [-0.25, -0.2) is 19.4 Å². The minimum atomic E-state index is -4.75. The van der Waals surface area contributed by atoms with Gasteiger partial charge in [-0.15, -0.1) is 10.1 Å². The van der Waals surface area contributed by atoms with Gasteiger partial charge in [0.15, 0.2) is 5.82 Å². The van der Waals surface area contributed by atoms with Gasteiger partial charge in [-0.05, 0) is 63.9 Å². The first kappa shape index (κ1) is 38.1. The molecule has 6 rings (SSSR count). The number of aromatic nitrogens is 6. The smallest absolute Gasteiger partial charge is 0.434 e. The van der Waals surface area contributed by atoms with Gasteiger partial charge in [0.2, 0.25) is 5.96 Å². The Balaban J connectivity index is 1.44. The molecule has 1 saturated heterocycles. The van der Waals surface area contributed by atoms with E-state index in [1.807, 2.05) is 26.1 Å². The normalized spacial score (nSPS) is 19.6. The minimum absolute atomic E-state index is 0.0361. The maximum absolute atomic E-state index is 15.1. The van der Waals surface area contributed by atoms with Crippen molar-refractivity contribution in [3.63, 3.8) is 0 Å². The maximum Gasteiger partial charge on any atom is 0.434 e. The Morgan fingerprint density at radius 3 is 2.37 bits per heavy atom. The van der Waals surface area contributed by atoms with Crippen LogP contribution in [0.4, 0.5) is 31.5 Å². The van der Waals surface area contributed by atoms with E-state index in [0.29, 0.717) is 21.4 Å². The van der Waals surface area contributed by atoms with Crippen molar-refractivity contribution >= 4 is 35.7 Å². The van der Waals surface area contributed by atoms with Crippen LogP contribution in [-0.2, 0) is 15.1 Å². The molecule has 21 heteroatoms. The molecule has 1 unspecified atom stereocenters. The number of nitrogens with one attached hydrogen (secondary N) is 3. The van der Waals surface area contributed by atoms with Crippen LogP contribution in [0.15, 0.2) is 59.9 Å². The topological polar surface area (TPSA) is 193 Å². The first-order valence-corrected chi connectivity index (χ1v) is 16.6. The predicted octanol–water partition coefficient (Wildman–Crippen LogP) is 6.44. The fraction of sp³-hybridized carbons (Fsp3) is 0.394. The van der Waals surface area contributed by atoms with Crippen molar-refractivity contribution in [2.24, 2.45) is 10.4 Å². The Bertz CT molecular complexity index is 2080. The van der Waals surface area contributed by atoms with Gasteiger partial charge in [-0.1, -0.05) is 62.7 Å². The van der Waals surface area contributed by atoms with Crippen LogP contribution in [0.5, 0.6) is 0 Å². The number of rotatable bonds is 10. The molecule has 2 aromatic carbocycles. The first-order chi connectivity index (χ1) is 25.3. The van der Waals surface area contributed by atoms with Gasteiger partial charge in [0.25, 0.3) is 5.91 Å². The third-order valence-corrected chi connectivity index (χ3v) is 9.27.